The minimum atomic E-state index is 0.296. The molecule has 1 unspecified atom stereocenters. The number of ether oxygens (including phenoxy) is 2. The van der Waals surface area contributed by atoms with Gasteiger partial charge in [0, 0.05) is 19.7 Å². The molecule has 5 heteroatoms. The molecule has 0 radical (unpaired) electrons. The van der Waals surface area contributed by atoms with Gasteiger partial charge in [0.25, 0.3) is 0 Å². The van der Waals surface area contributed by atoms with Gasteiger partial charge in [0.2, 0.25) is 0 Å². The molecular formula is C18H29N3O2. The summed E-state index contributed by atoms with van der Waals surface area (Å²) in [5, 5.41) is 6.65. The molecule has 1 aromatic carbocycles. The van der Waals surface area contributed by atoms with Crippen molar-refractivity contribution >= 4 is 5.96 Å². The van der Waals surface area contributed by atoms with Gasteiger partial charge in [-0.2, -0.15) is 0 Å². The summed E-state index contributed by atoms with van der Waals surface area (Å²) in [5.41, 5.74) is 0. The zero-order chi connectivity index (χ0) is 16.2. The van der Waals surface area contributed by atoms with E-state index in [0.29, 0.717) is 6.10 Å². The van der Waals surface area contributed by atoms with E-state index >= 15 is 0 Å². The van der Waals surface area contributed by atoms with Gasteiger partial charge >= 0.3 is 0 Å². The summed E-state index contributed by atoms with van der Waals surface area (Å²) >= 11 is 0. The van der Waals surface area contributed by atoms with E-state index in [2.05, 4.69) is 22.5 Å². The summed E-state index contributed by atoms with van der Waals surface area (Å²) < 4.78 is 11.3. The SMILES string of the molecule is CCNC(=NCC1CCCO1)NCCCCOc1ccccc1. The van der Waals surface area contributed by atoms with E-state index in [1.165, 1.54) is 0 Å². The molecule has 1 saturated heterocycles. The first kappa shape index (κ1) is 17.6. The van der Waals surface area contributed by atoms with Crippen molar-refractivity contribution in [3.8, 4) is 5.75 Å². The van der Waals surface area contributed by atoms with Gasteiger partial charge in [0.05, 0.1) is 19.3 Å². The Morgan fingerprint density at radius 2 is 2.13 bits per heavy atom. The Morgan fingerprint density at radius 3 is 2.87 bits per heavy atom. The molecule has 23 heavy (non-hydrogen) atoms. The van der Waals surface area contributed by atoms with Crippen LogP contribution in [0.3, 0.4) is 0 Å². The number of rotatable bonds is 9. The van der Waals surface area contributed by atoms with E-state index in [9.17, 15) is 0 Å². The number of guanidine groups is 1. The smallest absolute Gasteiger partial charge is 0.191 e. The highest BCUT2D eigenvalue weighted by Gasteiger charge is 2.14. The standard InChI is InChI=1S/C18H29N3O2/c1-2-19-18(21-15-17-11-8-14-23-17)20-12-6-7-13-22-16-9-4-3-5-10-16/h3-5,9-10,17H,2,6-8,11-15H2,1H3,(H2,19,20,21). The lowest BCUT2D eigenvalue weighted by molar-refractivity contribution is 0.117. The summed E-state index contributed by atoms with van der Waals surface area (Å²) in [6.45, 7) is 6.22. The van der Waals surface area contributed by atoms with Gasteiger partial charge in [-0.3, -0.25) is 4.99 Å². The molecule has 2 N–H and O–H groups in total. The fraction of sp³-hybridized carbons (Fsp3) is 0.611. The molecule has 0 aliphatic carbocycles. The molecule has 0 aromatic heterocycles. The van der Waals surface area contributed by atoms with Crippen molar-refractivity contribution in [3.05, 3.63) is 30.3 Å². The second-order valence-corrected chi connectivity index (χ2v) is 5.65. The molecule has 5 nitrogen and oxygen atoms in total. The van der Waals surface area contributed by atoms with Crippen molar-refractivity contribution < 1.29 is 9.47 Å². The number of aliphatic imine (C=N–C) groups is 1. The van der Waals surface area contributed by atoms with E-state index in [1.54, 1.807) is 0 Å². The molecule has 1 atom stereocenters. The number of hydrogen-bond acceptors (Lipinski definition) is 3. The van der Waals surface area contributed by atoms with Gasteiger partial charge in [-0.15, -0.1) is 0 Å². The molecule has 1 aromatic rings. The number of nitrogens with one attached hydrogen (secondary N) is 2. The Kier molecular flexibility index (Phi) is 8.33. The van der Waals surface area contributed by atoms with Crippen molar-refractivity contribution in [2.75, 3.05) is 32.8 Å². The second-order valence-electron chi connectivity index (χ2n) is 5.65. The molecule has 1 heterocycles. The van der Waals surface area contributed by atoms with Gasteiger partial charge in [0.1, 0.15) is 5.75 Å². The van der Waals surface area contributed by atoms with Crippen LogP contribution in [-0.4, -0.2) is 44.9 Å². The lowest BCUT2D eigenvalue weighted by Crippen LogP contribution is -2.38. The number of benzene rings is 1. The normalized spacial score (nSPS) is 18.0. The molecule has 0 spiro atoms. The van der Waals surface area contributed by atoms with Crippen LogP contribution < -0.4 is 15.4 Å². The Labute approximate surface area is 139 Å². The van der Waals surface area contributed by atoms with Crippen LogP contribution in [0.15, 0.2) is 35.3 Å². The first-order chi connectivity index (χ1) is 11.4. The van der Waals surface area contributed by atoms with Gasteiger partial charge in [-0.05, 0) is 44.7 Å². The van der Waals surface area contributed by atoms with Crippen LogP contribution in [-0.2, 0) is 4.74 Å². The van der Waals surface area contributed by atoms with Crippen molar-refractivity contribution in [1.82, 2.24) is 10.6 Å². The third kappa shape index (κ3) is 7.37. The van der Waals surface area contributed by atoms with Crippen molar-refractivity contribution in [2.24, 2.45) is 4.99 Å². The number of hydrogen-bond donors (Lipinski definition) is 2. The minimum Gasteiger partial charge on any atom is -0.494 e. The largest absolute Gasteiger partial charge is 0.494 e. The Bertz CT molecular complexity index is 445. The highest BCUT2D eigenvalue weighted by Crippen LogP contribution is 2.11. The van der Waals surface area contributed by atoms with E-state index in [-0.39, 0.29) is 0 Å². The molecule has 2 rings (SSSR count). The van der Waals surface area contributed by atoms with E-state index in [0.717, 1.165) is 70.2 Å². The third-order valence-corrected chi connectivity index (χ3v) is 3.70. The number of nitrogens with zero attached hydrogens (tertiary/aromatic N) is 1. The Hall–Kier alpha value is -1.75. The predicted molar refractivity (Wildman–Crippen MR) is 94.1 cm³/mol. The lowest BCUT2D eigenvalue weighted by Gasteiger charge is -2.13. The molecule has 0 amide bonds. The van der Waals surface area contributed by atoms with Crippen LogP contribution >= 0.6 is 0 Å². The Balaban J connectivity index is 1.57. The summed E-state index contributed by atoms with van der Waals surface area (Å²) in [6.07, 6.45) is 4.65. The van der Waals surface area contributed by atoms with E-state index in [1.807, 2.05) is 30.3 Å². The van der Waals surface area contributed by atoms with E-state index < -0.39 is 0 Å². The summed E-state index contributed by atoms with van der Waals surface area (Å²) in [6, 6.07) is 9.95. The number of unbranched alkanes of at least 4 members (excludes halogenated alkanes) is 1. The van der Waals surface area contributed by atoms with Gasteiger partial charge in [-0.25, -0.2) is 0 Å². The zero-order valence-electron chi connectivity index (χ0n) is 14.1. The molecule has 1 fully saturated rings. The van der Waals surface area contributed by atoms with Crippen LogP contribution in [0.25, 0.3) is 0 Å². The van der Waals surface area contributed by atoms with Crippen LogP contribution in [0.5, 0.6) is 5.75 Å². The molecule has 1 aliphatic rings. The topological polar surface area (TPSA) is 54.9 Å². The lowest BCUT2D eigenvalue weighted by atomic mass is 10.2. The van der Waals surface area contributed by atoms with Gasteiger partial charge in [0.15, 0.2) is 5.96 Å². The molecule has 0 bridgehead atoms. The van der Waals surface area contributed by atoms with Gasteiger partial charge in [-0.1, -0.05) is 18.2 Å². The first-order valence-electron chi connectivity index (χ1n) is 8.70. The van der Waals surface area contributed by atoms with Crippen LogP contribution in [0, 0.1) is 0 Å². The highest BCUT2D eigenvalue weighted by atomic mass is 16.5. The third-order valence-electron chi connectivity index (χ3n) is 3.70. The fourth-order valence-electron chi connectivity index (χ4n) is 2.46. The van der Waals surface area contributed by atoms with E-state index in [4.69, 9.17) is 9.47 Å². The quantitative estimate of drug-likeness (QED) is 0.417. The number of para-hydroxylation sites is 1. The van der Waals surface area contributed by atoms with Crippen molar-refractivity contribution in [2.45, 2.75) is 38.7 Å². The predicted octanol–water partition coefficient (Wildman–Crippen LogP) is 2.58. The average Bonchev–Trinajstić information content (AvgIpc) is 3.10. The van der Waals surface area contributed by atoms with Gasteiger partial charge < -0.3 is 20.1 Å². The van der Waals surface area contributed by atoms with Crippen molar-refractivity contribution in [3.63, 3.8) is 0 Å². The molecular weight excluding hydrogens is 290 g/mol. The molecule has 1 aliphatic heterocycles. The monoisotopic (exact) mass is 319 g/mol. The second kappa shape index (κ2) is 10.9. The summed E-state index contributed by atoms with van der Waals surface area (Å²) in [7, 11) is 0. The minimum absolute atomic E-state index is 0.296. The van der Waals surface area contributed by atoms with Crippen LogP contribution in [0.2, 0.25) is 0 Å². The highest BCUT2D eigenvalue weighted by molar-refractivity contribution is 5.79. The van der Waals surface area contributed by atoms with Crippen LogP contribution in [0.4, 0.5) is 0 Å². The summed E-state index contributed by atoms with van der Waals surface area (Å²) in [5.74, 6) is 1.82. The molecule has 0 saturated carbocycles. The average molecular weight is 319 g/mol. The summed E-state index contributed by atoms with van der Waals surface area (Å²) in [4.78, 5) is 4.60. The first-order valence-corrected chi connectivity index (χ1v) is 8.70. The molecule has 128 valence electrons. The maximum atomic E-state index is 5.69. The Morgan fingerprint density at radius 1 is 1.26 bits per heavy atom. The fourth-order valence-corrected chi connectivity index (χ4v) is 2.46. The maximum absolute atomic E-state index is 5.69. The maximum Gasteiger partial charge on any atom is 0.191 e. The van der Waals surface area contributed by atoms with Crippen LogP contribution in [0.1, 0.15) is 32.6 Å². The zero-order valence-corrected chi connectivity index (χ0v) is 14.1. The van der Waals surface area contributed by atoms with Crippen molar-refractivity contribution in [1.29, 1.82) is 0 Å².